The first-order valence-corrected chi connectivity index (χ1v) is 6.84. The Bertz CT molecular complexity index is 398. The third-order valence-corrected chi connectivity index (χ3v) is 3.23. The van der Waals surface area contributed by atoms with Gasteiger partial charge in [0.2, 0.25) is 0 Å². The molecule has 1 rings (SSSR count). The van der Waals surface area contributed by atoms with Crippen molar-refractivity contribution in [1.29, 1.82) is 0 Å². The Balaban J connectivity index is 2.79. The molecule has 0 aliphatic rings. The first-order valence-electron chi connectivity index (χ1n) is 5.45. The molecule has 6 heteroatoms. The fourth-order valence-electron chi connectivity index (χ4n) is 1.49. The Labute approximate surface area is 105 Å². The maximum Gasteiger partial charge on any atom is 0.290 e. The third kappa shape index (κ3) is 3.89. The number of nitro groups is 1. The lowest BCUT2D eigenvalue weighted by atomic mass is 10.2. The number of hydrogen-bond acceptors (Lipinski definition) is 5. The van der Waals surface area contributed by atoms with Gasteiger partial charge in [0.05, 0.1) is 4.92 Å². The topological polar surface area (TPSA) is 68.1 Å². The van der Waals surface area contributed by atoms with E-state index in [0.29, 0.717) is 17.4 Å². The van der Waals surface area contributed by atoms with Crippen LogP contribution in [-0.4, -0.2) is 28.0 Å². The van der Waals surface area contributed by atoms with E-state index >= 15 is 0 Å². The highest BCUT2D eigenvalue weighted by Gasteiger charge is 2.13. The maximum atomic E-state index is 10.7. The molecule has 1 unspecified atom stereocenters. The molecule has 0 saturated heterocycles. The molecule has 0 fully saturated rings. The standard InChI is InChI=1S/C11H17N3O2S/c1-4-9(7-17-3)13-11-5-8(2)10(6-12-11)14(15)16/h5-6,9H,4,7H2,1-3H3,(H,12,13). The van der Waals surface area contributed by atoms with Gasteiger partial charge in [-0.2, -0.15) is 11.8 Å². The minimum Gasteiger partial charge on any atom is -0.367 e. The Morgan fingerprint density at radius 3 is 2.82 bits per heavy atom. The zero-order valence-electron chi connectivity index (χ0n) is 10.3. The Morgan fingerprint density at radius 2 is 2.35 bits per heavy atom. The quantitative estimate of drug-likeness (QED) is 0.625. The van der Waals surface area contributed by atoms with Crippen LogP contribution in [0.3, 0.4) is 0 Å². The number of aromatic nitrogens is 1. The van der Waals surface area contributed by atoms with Crippen molar-refractivity contribution in [1.82, 2.24) is 4.98 Å². The van der Waals surface area contributed by atoms with E-state index in [1.165, 1.54) is 6.20 Å². The molecule has 1 N–H and O–H groups in total. The normalized spacial score (nSPS) is 12.2. The molecule has 1 atom stereocenters. The molecule has 1 heterocycles. The van der Waals surface area contributed by atoms with E-state index in [-0.39, 0.29) is 5.69 Å². The van der Waals surface area contributed by atoms with Gasteiger partial charge >= 0.3 is 0 Å². The fraction of sp³-hybridized carbons (Fsp3) is 0.545. The van der Waals surface area contributed by atoms with Crippen molar-refractivity contribution in [3.8, 4) is 0 Å². The smallest absolute Gasteiger partial charge is 0.290 e. The zero-order chi connectivity index (χ0) is 12.8. The van der Waals surface area contributed by atoms with Crippen LogP contribution in [0.1, 0.15) is 18.9 Å². The van der Waals surface area contributed by atoms with E-state index in [1.807, 2.05) is 0 Å². The van der Waals surface area contributed by atoms with Crippen molar-refractivity contribution >= 4 is 23.3 Å². The SMILES string of the molecule is CCC(CSC)Nc1cc(C)c([N+](=O)[O-])cn1. The van der Waals surface area contributed by atoms with Crippen molar-refractivity contribution < 1.29 is 4.92 Å². The van der Waals surface area contributed by atoms with Gasteiger partial charge in [0.15, 0.2) is 0 Å². The molecule has 1 aromatic heterocycles. The number of rotatable bonds is 6. The van der Waals surface area contributed by atoms with Gasteiger partial charge in [-0.3, -0.25) is 10.1 Å². The lowest BCUT2D eigenvalue weighted by Gasteiger charge is -2.16. The molecule has 0 amide bonds. The highest BCUT2D eigenvalue weighted by molar-refractivity contribution is 7.98. The minimum absolute atomic E-state index is 0.0634. The Morgan fingerprint density at radius 1 is 1.65 bits per heavy atom. The average Bonchev–Trinajstić information content (AvgIpc) is 2.28. The van der Waals surface area contributed by atoms with Crippen molar-refractivity contribution in [2.75, 3.05) is 17.3 Å². The number of hydrogen-bond donors (Lipinski definition) is 1. The van der Waals surface area contributed by atoms with Crippen LogP contribution in [0.2, 0.25) is 0 Å². The van der Waals surface area contributed by atoms with Crippen LogP contribution in [-0.2, 0) is 0 Å². The molecule has 0 spiro atoms. The second-order valence-electron chi connectivity index (χ2n) is 3.82. The average molecular weight is 255 g/mol. The highest BCUT2D eigenvalue weighted by atomic mass is 32.2. The third-order valence-electron chi connectivity index (χ3n) is 2.49. The van der Waals surface area contributed by atoms with Crippen molar-refractivity contribution in [3.05, 3.63) is 27.9 Å². The van der Waals surface area contributed by atoms with Gasteiger partial charge in [0, 0.05) is 17.4 Å². The largest absolute Gasteiger partial charge is 0.367 e. The number of nitrogens with one attached hydrogen (secondary N) is 1. The lowest BCUT2D eigenvalue weighted by Crippen LogP contribution is -2.21. The second kappa shape index (κ2) is 6.44. The number of aryl methyl sites for hydroxylation is 1. The summed E-state index contributed by atoms with van der Waals surface area (Å²) in [6.45, 7) is 3.83. The van der Waals surface area contributed by atoms with E-state index in [0.717, 1.165) is 12.2 Å². The summed E-state index contributed by atoms with van der Waals surface area (Å²) in [5, 5.41) is 13.9. The maximum absolute atomic E-state index is 10.7. The number of pyridine rings is 1. The predicted octanol–water partition coefficient (Wildman–Crippen LogP) is 2.85. The van der Waals surface area contributed by atoms with Crippen LogP contribution in [0.4, 0.5) is 11.5 Å². The first-order chi connectivity index (χ1) is 8.08. The molecule has 1 aromatic rings. The van der Waals surface area contributed by atoms with Crippen LogP contribution in [0, 0.1) is 17.0 Å². The van der Waals surface area contributed by atoms with E-state index in [9.17, 15) is 10.1 Å². The fourth-order valence-corrected chi connectivity index (χ4v) is 2.21. The molecular weight excluding hydrogens is 238 g/mol. The molecule has 0 aliphatic carbocycles. The summed E-state index contributed by atoms with van der Waals surface area (Å²) < 4.78 is 0. The van der Waals surface area contributed by atoms with Gasteiger partial charge in [0.25, 0.3) is 5.69 Å². The van der Waals surface area contributed by atoms with Gasteiger partial charge < -0.3 is 5.32 Å². The molecule has 0 radical (unpaired) electrons. The summed E-state index contributed by atoms with van der Waals surface area (Å²) in [7, 11) is 0. The second-order valence-corrected chi connectivity index (χ2v) is 4.73. The van der Waals surface area contributed by atoms with Crippen LogP contribution in [0.5, 0.6) is 0 Å². The van der Waals surface area contributed by atoms with E-state index in [2.05, 4.69) is 23.5 Å². The molecule has 94 valence electrons. The summed E-state index contributed by atoms with van der Waals surface area (Å²) >= 11 is 1.77. The van der Waals surface area contributed by atoms with E-state index in [1.54, 1.807) is 24.8 Å². The Hall–Kier alpha value is -1.30. The van der Waals surface area contributed by atoms with Gasteiger partial charge in [-0.15, -0.1) is 0 Å². The van der Waals surface area contributed by atoms with Crippen LogP contribution < -0.4 is 5.32 Å². The summed E-state index contributed by atoms with van der Waals surface area (Å²) in [4.78, 5) is 14.3. The predicted molar refractivity (Wildman–Crippen MR) is 71.7 cm³/mol. The molecule has 17 heavy (non-hydrogen) atoms. The summed E-state index contributed by atoms with van der Waals surface area (Å²) in [5.74, 6) is 1.70. The summed E-state index contributed by atoms with van der Waals surface area (Å²) in [6.07, 6.45) is 4.36. The number of anilines is 1. The lowest BCUT2D eigenvalue weighted by molar-refractivity contribution is -0.385. The molecule has 0 aliphatic heterocycles. The van der Waals surface area contributed by atoms with Gasteiger partial charge in [-0.1, -0.05) is 6.92 Å². The van der Waals surface area contributed by atoms with Crippen molar-refractivity contribution in [2.24, 2.45) is 0 Å². The summed E-state index contributed by atoms with van der Waals surface area (Å²) in [5.41, 5.74) is 0.694. The summed E-state index contributed by atoms with van der Waals surface area (Å²) in [6, 6.07) is 2.07. The van der Waals surface area contributed by atoms with Crippen LogP contribution in [0.25, 0.3) is 0 Å². The van der Waals surface area contributed by atoms with Crippen molar-refractivity contribution in [3.63, 3.8) is 0 Å². The van der Waals surface area contributed by atoms with Gasteiger partial charge in [0.1, 0.15) is 12.0 Å². The van der Waals surface area contributed by atoms with E-state index in [4.69, 9.17) is 0 Å². The molecule has 0 bridgehead atoms. The van der Waals surface area contributed by atoms with E-state index < -0.39 is 4.92 Å². The van der Waals surface area contributed by atoms with Crippen molar-refractivity contribution in [2.45, 2.75) is 26.3 Å². The van der Waals surface area contributed by atoms with Crippen LogP contribution in [0.15, 0.2) is 12.3 Å². The monoisotopic (exact) mass is 255 g/mol. The number of thioether (sulfide) groups is 1. The highest BCUT2D eigenvalue weighted by Crippen LogP contribution is 2.19. The first kappa shape index (κ1) is 13.8. The molecule has 0 aromatic carbocycles. The van der Waals surface area contributed by atoms with Gasteiger partial charge in [-0.25, -0.2) is 4.98 Å². The zero-order valence-corrected chi connectivity index (χ0v) is 11.1. The number of nitrogens with zero attached hydrogens (tertiary/aromatic N) is 2. The van der Waals surface area contributed by atoms with Gasteiger partial charge in [-0.05, 0) is 25.7 Å². The minimum atomic E-state index is -0.411. The molecule has 0 saturated carbocycles. The molecular formula is C11H17N3O2S. The molecule has 5 nitrogen and oxygen atoms in total. The Kier molecular flexibility index (Phi) is 5.21. The van der Waals surface area contributed by atoms with Crippen LogP contribution >= 0.6 is 11.8 Å².